The SMILES string of the molecule is C=C(CC)CC(CSC(C)CC)NN. The van der Waals surface area contributed by atoms with Crippen molar-refractivity contribution in [3.05, 3.63) is 12.2 Å². The number of hydrogen-bond acceptors (Lipinski definition) is 3. The first-order valence-electron chi connectivity index (χ1n) is 5.38. The van der Waals surface area contributed by atoms with Crippen molar-refractivity contribution in [3.8, 4) is 0 Å². The Labute approximate surface area is 92.7 Å². The zero-order valence-electron chi connectivity index (χ0n) is 9.68. The largest absolute Gasteiger partial charge is 0.271 e. The van der Waals surface area contributed by atoms with Crippen LogP contribution in [0.15, 0.2) is 12.2 Å². The minimum Gasteiger partial charge on any atom is -0.271 e. The van der Waals surface area contributed by atoms with Gasteiger partial charge in [-0.15, -0.1) is 0 Å². The molecule has 0 amide bonds. The molecule has 0 spiro atoms. The minimum absolute atomic E-state index is 0.376. The van der Waals surface area contributed by atoms with Crippen molar-refractivity contribution in [1.29, 1.82) is 0 Å². The van der Waals surface area contributed by atoms with Gasteiger partial charge in [0.25, 0.3) is 0 Å². The summed E-state index contributed by atoms with van der Waals surface area (Å²) in [6.07, 6.45) is 3.26. The van der Waals surface area contributed by atoms with Gasteiger partial charge in [0.15, 0.2) is 0 Å². The summed E-state index contributed by atoms with van der Waals surface area (Å²) in [4.78, 5) is 0. The quantitative estimate of drug-likeness (QED) is 0.372. The molecule has 3 N–H and O–H groups in total. The van der Waals surface area contributed by atoms with Crippen molar-refractivity contribution in [1.82, 2.24) is 5.43 Å². The zero-order valence-corrected chi connectivity index (χ0v) is 10.5. The molecule has 0 fully saturated rings. The summed E-state index contributed by atoms with van der Waals surface area (Å²) in [5.74, 6) is 6.57. The fourth-order valence-corrected chi connectivity index (χ4v) is 2.07. The molecule has 2 atom stereocenters. The molecule has 0 bridgehead atoms. The fourth-order valence-electron chi connectivity index (χ4n) is 1.06. The van der Waals surface area contributed by atoms with Crippen LogP contribution in [0, 0.1) is 0 Å². The van der Waals surface area contributed by atoms with Crippen LogP contribution in [-0.4, -0.2) is 17.0 Å². The minimum atomic E-state index is 0.376. The first kappa shape index (κ1) is 14.0. The van der Waals surface area contributed by atoms with Gasteiger partial charge in [0.2, 0.25) is 0 Å². The van der Waals surface area contributed by atoms with E-state index in [0.29, 0.717) is 6.04 Å². The predicted molar refractivity (Wildman–Crippen MR) is 67.4 cm³/mol. The molecule has 0 saturated carbocycles. The average molecular weight is 216 g/mol. The van der Waals surface area contributed by atoms with Crippen molar-refractivity contribution < 1.29 is 0 Å². The Bertz CT molecular complexity index is 159. The number of nitrogens with one attached hydrogen (secondary N) is 1. The van der Waals surface area contributed by atoms with Crippen molar-refractivity contribution in [2.75, 3.05) is 5.75 Å². The van der Waals surface area contributed by atoms with E-state index < -0.39 is 0 Å². The summed E-state index contributed by atoms with van der Waals surface area (Å²) < 4.78 is 0. The Kier molecular flexibility index (Phi) is 8.34. The molecule has 0 aliphatic rings. The van der Waals surface area contributed by atoms with Gasteiger partial charge in [0.1, 0.15) is 0 Å². The van der Waals surface area contributed by atoms with Gasteiger partial charge in [-0.2, -0.15) is 11.8 Å². The molecule has 0 aliphatic heterocycles. The number of thioether (sulfide) groups is 1. The van der Waals surface area contributed by atoms with Crippen LogP contribution in [0.1, 0.15) is 40.0 Å². The normalized spacial score (nSPS) is 15.1. The van der Waals surface area contributed by atoms with Crippen LogP contribution in [0.3, 0.4) is 0 Å². The van der Waals surface area contributed by atoms with Crippen LogP contribution >= 0.6 is 11.8 Å². The molecule has 3 heteroatoms. The smallest absolute Gasteiger partial charge is 0.0338 e. The van der Waals surface area contributed by atoms with Gasteiger partial charge in [-0.1, -0.05) is 32.9 Å². The van der Waals surface area contributed by atoms with E-state index in [1.807, 2.05) is 11.8 Å². The topological polar surface area (TPSA) is 38.0 Å². The molecular weight excluding hydrogens is 192 g/mol. The van der Waals surface area contributed by atoms with E-state index in [1.54, 1.807) is 0 Å². The lowest BCUT2D eigenvalue weighted by Gasteiger charge is -2.18. The predicted octanol–water partition coefficient (Wildman–Crippen LogP) is 2.71. The van der Waals surface area contributed by atoms with Gasteiger partial charge in [-0.05, 0) is 19.3 Å². The van der Waals surface area contributed by atoms with Crippen molar-refractivity contribution >= 4 is 11.8 Å². The molecule has 0 aliphatic carbocycles. The standard InChI is InChI=1S/C11H24N2S/c1-5-9(3)7-11(13-12)8-14-10(4)6-2/h10-11,13H,3,5-8,12H2,1-2,4H3. The molecule has 0 radical (unpaired) electrons. The monoisotopic (exact) mass is 216 g/mol. The van der Waals surface area contributed by atoms with Gasteiger partial charge in [-0.25, -0.2) is 0 Å². The molecule has 0 saturated heterocycles. The van der Waals surface area contributed by atoms with E-state index in [0.717, 1.165) is 23.8 Å². The highest BCUT2D eigenvalue weighted by atomic mass is 32.2. The highest BCUT2D eigenvalue weighted by Gasteiger charge is 2.09. The first-order chi connectivity index (χ1) is 6.63. The van der Waals surface area contributed by atoms with Crippen LogP contribution in [-0.2, 0) is 0 Å². The summed E-state index contributed by atoms with van der Waals surface area (Å²) in [5, 5.41) is 0.723. The molecule has 14 heavy (non-hydrogen) atoms. The second kappa shape index (κ2) is 8.33. The summed E-state index contributed by atoms with van der Waals surface area (Å²) >= 11 is 1.98. The summed E-state index contributed by atoms with van der Waals surface area (Å²) in [6.45, 7) is 10.6. The Morgan fingerprint density at radius 2 is 2.14 bits per heavy atom. The maximum absolute atomic E-state index is 5.50. The van der Waals surface area contributed by atoms with Gasteiger partial charge >= 0.3 is 0 Å². The number of hydrazine groups is 1. The summed E-state index contributed by atoms with van der Waals surface area (Å²) in [7, 11) is 0. The second-order valence-corrected chi connectivity index (χ2v) is 5.19. The molecule has 0 rings (SSSR count). The maximum atomic E-state index is 5.50. The van der Waals surface area contributed by atoms with Gasteiger partial charge < -0.3 is 0 Å². The maximum Gasteiger partial charge on any atom is 0.0338 e. The van der Waals surface area contributed by atoms with Crippen LogP contribution in [0.25, 0.3) is 0 Å². The van der Waals surface area contributed by atoms with Crippen molar-refractivity contribution in [2.45, 2.75) is 51.3 Å². The van der Waals surface area contributed by atoms with Crippen molar-refractivity contribution in [2.24, 2.45) is 5.84 Å². The molecule has 2 unspecified atom stereocenters. The molecule has 0 aromatic rings. The average Bonchev–Trinajstić information content (AvgIpc) is 2.22. The van der Waals surface area contributed by atoms with Gasteiger partial charge in [-0.3, -0.25) is 11.3 Å². The lowest BCUT2D eigenvalue weighted by atomic mass is 10.1. The van der Waals surface area contributed by atoms with Crippen molar-refractivity contribution in [3.63, 3.8) is 0 Å². The molecule has 2 nitrogen and oxygen atoms in total. The van der Waals surface area contributed by atoms with Gasteiger partial charge in [0, 0.05) is 17.0 Å². The molecule has 84 valence electrons. The highest BCUT2D eigenvalue weighted by Crippen LogP contribution is 2.17. The summed E-state index contributed by atoms with van der Waals surface area (Å²) in [5.41, 5.74) is 4.14. The number of rotatable bonds is 8. The third-order valence-corrected chi connectivity index (χ3v) is 3.92. The molecule has 0 aromatic heterocycles. The Morgan fingerprint density at radius 3 is 2.57 bits per heavy atom. The molecule has 0 heterocycles. The highest BCUT2D eigenvalue weighted by molar-refractivity contribution is 7.99. The van der Waals surface area contributed by atoms with Crippen LogP contribution in [0.4, 0.5) is 0 Å². The molecular formula is C11H24N2S. The number of nitrogens with two attached hydrogens (primary N) is 1. The van der Waals surface area contributed by atoms with E-state index >= 15 is 0 Å². The molecule has 0 aromatic carbocycles. The number of hydrogen-bond donors (Lipinski definition) is 2. The zero-order chi connectivity index (χ0) is 11.0. The lowest BCUT2D eigenvalue weighted by molar-refractivity contribution is 0.567. The van der Waals surface area contributed by atoms with E-state index in [2.05, 4.69) is 32.8 Å². The van der Waals surface area contributed by atoms with E-state index in [9.17, 15) is 0 Å². The second-order valence-electron chi connectivity index (χ2n) is 3.72. The van der Waals surface area contributed by atoms with Crippen LogP contribution in [0.2, 0.25) is 0 Å². The Morgan fingerprint density at radius 1 is 1.50 bits per heavy atom. The fraction of sp³-hybridized carbons (Fsp3) is 0.818. The van der Waals surface area contributed by atoms with Crippen LogP contribution in [0.5, 0.6) is 0 Å². The van der Waals surface area contributed by atoms with Gasteiger partial charge in [0.05, 0.1) is 0 Å². The van der Waals surface area contributed by atoms with E-state index in [-0.39, 0.29) is 0 Å². The van der Waals surface area contributed by atoms with E-state index in [1.165, 1.54) is 12.0 Å². The summed E-state index contributed by atoms with van der Waals surface area (Å²) in [6, 6.07) is 0.376. The van der Waals surface area contributed by atoms with Crippen LogP contribution < -0.4 is 11.3 Å². The third kappa shape index (κ3) is 6.46. The van der Waals surface area contributed by atoms with E-state index in [4.69, 9.17) is 5.84 Å². The third-order valence-electron chi connectivity index (χ3n) is 2.43. The Balaban J connectivity index is 3.73. The lowest BCUT2D eigenvalue weighted by Crippen LogP contribution is -2.37. The first-order valence-corrected chi connectivity index (χ1v) is 6.43. The Hall–Kier alpha value is 0.01000.